The number of para-hydroxylation sites is 1. The van der Waals surface area contributed by atoms with E-state index in [9.17, 15) is 0 Å². The Morgan fingerprint density at radius 3 is 2.82 bits per heavy atom. The molecule has 0 aromatic heterocycles. The molecule has 2 heteroatoms. The molecule has 2 fully saturated rings. The van der Waals surface area contributed by atoms with Crippen LogP contribution in [-0.4, -0.2) is 12.6 Å². The number of nitrogens with zero attached hydrogens (tertiary/aromatic N) is 1. The van der Waals surface area contributed by atoms with E-state index in [0.717, 1.165) is 12.0 Å². The Morgan fingerprint density at radius 2 is 1.94 bits per heavy atom. The van der Waals surface area contributed by atoms with E-state index in [1.807, 2.05) is 0 Å². The molecule has 1 nitrogen and oxygen atoms in total. The summed E-state index contributed by atoms with van der Waals surface area (Å²) in [6.07, 6.45) is 7.00. The number of hydrogen-bond donors (Lipinski definition) is 0. The van der Waals surface area contributed by atoms with Crippen LogP contribution in [0.4, 0.5) is 5.69 Å². The zero-order valence-electron chi connectivity index (χ0n) is 10.2. The highest BCUT2D eigenvalue weighted by atomic mass is 35.5. The highest BCUT2D eigenvalue weighted by Gasteiger charge is 2.35. The maximum atomic E-state index is 6.07. The van der Waals surface area contributed by atoms with E-state index in [1.165, 1.54) is 49.9 Å². The monoisotopic (exact) mass is 249 g/mol. The average Bonchev–Trinajstić information content (AvgIpc) is 2.86. The fourth-order valence-electron chi connectivity index (χ4n) is 3.66. The maximum absolute atomic E-state index is 6.07. The van der Waals surface area contributed by atoms with Gasteiger partial charge >= 0.3 is 0 Å². The van der Waals surface area contributed by atoms with Crippen molar-refractivity contribution in [3.63, 3.8) is 0 Å². The van der Waals surface area contributed by atoms with Crippen LogP contribution < -0.4 is 4.90 Å². The lowest BCUT2D eigenvalue weighted by Crippen LogP contribution is -2.43. The number of piperidine rings is 1. The summed E-state index contributed by atoms with van der Waals surface area (Å²) < 4.78 is 0. The molecule has 2 atom stereocenters. The van der Waals surface area contributed by atoms with E-state index in [0.29, 0.717) is 5.88 Å². The lowest BCUT2D eigenvalue weighted by molar-refractivity contribution is 0.362. The minimum atomic E-state index is 0.629. The van der Waals surface area contributed by atoms with Crippen LogP contribution >= 0.6 is 11.6 Å². The van der Waals surface area contributed by atoms with Gasteiger partial charge in [0, 0.05) is 24.2 Å². The van der Waals surface area contributed by atoms with Crippen LogP contribution in [-0.2, 0) is 5.88 Å². The second-order valence-electron chi connectivity index (χ2n) is 5.36. The van der Waals surface area contributed by atoms with Gasteiger partial charge in [-0.15, -0.1) is 11.6 Å². The Morgan fingerprint density at radius 1 is 1.12 bits per heavy atom. The highest BCUT2D eigenvalue weighted by Crippen LogP contribution is 2.40. The van der Waals surface area contributed by atoms with Gasteiger partial charge < -0.3 is 4.90 Å². The Kier molecular flexibility index (Phi) is 3.28. The van der Waals surface area contributed by atoms with E-state index in [2.05, 4.69) is 29.2 Å². The van der Waals surface area contributed by atoms with Crippen LogP contribution in [0.25, 0.3) is 0 Å². The first-order chi connectivity index (χ1) is 8.40. The third kappa shape index (κ3) is 2.06. The Labute approximate surface area is 109 Å². The molecule has 1 heterocycles. The molecule has 2 aliphatic rings. The van der Waals surface area contributed by atoms with Crippen molar-refractivity contribution in [2.45, 2.75) is 44.0 Å². The normalized spacial score (nSPS) is 28.2. The van der Waals surface area contributed by atoms with Gasteiger partial charge in [0.05, 0.1) is 0 Å². The largest absolute Gasteiger partial charge is 0.368 e. The van der Waals surface area contributed by atoms with E-state index in [-0.39, 0.29) is 0 Å². The third-order valence-electron chi connectivity index (χ3n) is 4.44. The third-order valence-corrected chi connectivity index (χ3v) is 4.73. The average molecular weight is 250 g/mol. The van der Waals surface area contributed by atoms with Crippen molar-refractivity contribution in [1.29, 1.82) is 0 Å². The lowest BCUT2D eigenvalue weighted by Gasteiger charge is -2.40. The molecule has 0 amide bonds. The minimum Gasteiger partial charge on any atom is -0.368 e. The topological polar surface area (TPSA) is 3.24 Å². The van der Waals surface area contributed by atoms with Crippen molar-refractivity contribution in [3.05, 3.63) is 29.8 Å². The SMILES string of the molecule is ClCc1ccccc1N1CCCC2CCCC21. The molecular weight excluding hydrogens is 230 g/mol. The van der Waals surface area contributed by atoms with Crippen molar-refractivity contribution >= 4 is 17.3 Å². The standard InChI is InChI=1S/C15H20ClN/c16-11-13-5-1-2-8-15(13)17-10-4-7-12-6-3-9-14(12)17/h1-2,5,8,12,14H,3-4,6-7,9-11H2. The van der Waals surface area contributed by atoms with E-state index in [4.69, 9.17) is 11.6 Å². The molecule has 0 radical (unpaired) electrons. The van der Waals surface area contributed by atoms with Gasteiger partial charge in [0.1, 0.15) is 0 Å². The minimum absolute atomic E-state index is 0.629. The summed E-state index contributed by atoms with van der Waals surface area (Å²) in [5.74, 6) is 1.57. The van der Waals surface area contributed by atoms with Crippen molar-refractivity contribution in [1.82, 2.24) is 0 Å². The van der Waals surface area contributed by atoms with Gasteiger partial charge in [0.25, 0.3) is 0 Å². The summed E-state index contributed by atoms with van der Waals surface area (Å²) in [7, 11) is 0. The number of rotatable bonds is 2. The van der Waals surface area contributed by atoms with Crippen LogP contribution in [0.15, 0.2) is 24.3 Å². The summed E-state index contributed by atoms with van der Waals surface area (Å²) >= 11 is 6.07. The number of anilines is 1. The summed E-state index contributed by atoms with van der Waals surface area (Å²) in [6.45, 7) is 1.22. The molecule has 1 aromatic carbocycles. The smallest absolute Gasteiger partial charge is 0.0494 e. The molecule has 92 valence electrons. The van der Waals surface area contributed by atoms with Crippen molar-refractivity contribution in [2.24, 2.45) is 5.92 Å². The summed E-state index contributed by atoms with van der Waals surface area (Å²) in [5.41, 5.74) is 2.68. The van der Waals surface area contributed by atoms with Crippen molar-refractivity contribution in [2.75, 3.05) is 11.4 Å². The number of fused-ring (bicyclic) bond motifs is 1. The van der Waals surface area contributed by atoms with Crippen LogP contribution in [0.3, 0.4) is 0 Å². The van der Waals surface area contributed by atoms with Crippen molar-refractivity contribution < 1.29 is 0 Å². The van der Waals surface area contributed by atoms with Crippen molar-refractivity contribution in [3.8, 4) is 0 Å². The fourth-order valence-corrected chi connectivity index (χ4v) is 3.88. The summed E-state index contributed by atoms with van der Waals surface area (Å²) in [4.78, 5) is 2.64. The lowest BCUT2D eigenvalue weighted by atomic mass is 9.91. The predicted octanol–water partition coefficient (Wildman–Crippen LogP) is 4.19. The number of halogens is 1. The maximum Gasteiger partial charge on any atom is 0.0494 e. The van der Waals surface area contributed by atoms with Crippen LogP contribution in [0.5, 0.6) is 0 Å². The van der Waals surface area contributed by atoms with Gasteiger partial charge in [-0.1, -0.05) is 24.6 Å². The molecule has 1 saturated heterocycles. The summed E-state index contributed by atoms with van der Waals surface area (Å²) in [6, 6.07) is 9.44. The Bertz CT molecular complexity index is 390. The van der Waals surface area contributed by atoms with Crippen LogP contribution in [0.1, 0.15) is 37.7 Å². The molecule has 1 aliphatic heterocycles. The molecule has 0 spiro atoms. The zero-order valence-corrected chi connectivity index (χ0v) is 11.0. The molecule has 1 aromatic rings. The van der Waals surface area contributed by atoms with E-state index in [1.54, 1.807) is 0 Å². The first kappa shape index (κ1) is 11.4. The number of benzene rings is 1. The zero-order chi connectivity index (χ0) is 11.7. The fraction of sp³-hybridized carbons (Fsp3) is 0.600. The van der Waals surface area contributed by atoms with E-state index >= 15 is 0 Å². The Hall–Kier alpha value is -0.690. The molecule has 2 unspecified atom stereocenters. The molecule has 1 aliphatic carbocycles. The van der Waals surface area contributed by atoms with Crippen LogP contribution in [0.2, 0.25) is 0 Å². The number of hydrogen-bond acceptors (Lipinski definition) is 1. The van der Waals surface area contributed by atoms with Gasteiger partial charge in [0.2, 0.25) is 0 Å². The molecule has 0 bridgehead atoms. The molecule has 17 heavy (non-hydrogen) atoms. The van der Waals surface area contributed by atoms with Gasteiger partial charge in [0.15, 0.2) is 0 Å². The Balaban J connectivity index is 1.91. The van der Waals surface area contributed by atoms with Gasteiger partial charge in [-0.2, -0.15) is 0 Å². The van der Waals surface area contributed by atoms with Gasteiger partial charge in [-0.25, -0.2) is 0 Å². The molecular formula is C15H20ClN. The van der Waals surface area contributed by atoms with Gasteiger partial charge in [-0.3, -0.25) is 0 Å². The molecule has 3 rings (SSSR count). The summed E-state index contributed by atoms with van der Waals surface area (Å²) in [5, 5.41) is 0. The van der Waals surface area contributed by atoms with Crippen LogP contribution in [0, 0.1) is 5.92 Å². The van der Waals surface area contributed by atoms with Gasteiger partial charge in [-0.05, 0) is 43.2 Å². The quantitative estimate of drug-likeness (QED) is 0.711. The molecule has 1 saturated carbocycles. The first-order valence-corrected chi connectivity index (χ1v) is 7.34. The van der Waals surface area contributed by atoms with E-state index < -0.39 is 0 Å². The predicted molar refractivity (Wildman–Crippen MR) is 73.7 cm³/mol. The molecule has 0 N–H and O–H groups in total. The second kappa shape index (κ2) is 4.89. The number of alkyl halides is 1. The second-order valence-corrected chi connectivity index (χ2v) is 5.62. The highest BCUT2D eigenvalue weighted by molar-refractivity contribution is 6.17. The first-order valence-electron chi connectivity index (χ1n) is 6.80.